The first-order valence-electron chi connectivity index (χ1n) is 4.59. The molecule has 0 aliphatic heterocycles. The van der Waals surface area contributed by atoms with Crippen LogP contribution in [0.5, 0.6) is 0 Å². The van der Waals surface area contributed by atoms with E-state index in [1.807, 2.05) is 20.8 Å². The van der Waals surface area contributed by atoms with Gasteiger partial charge in [0, 0.05) is 0 Å². The fourth-order valence-electron chi connectivity index (χ4n) is 0.418. The van der Waals surface area contributed by atoms with Gasteiger partial charge in [-0.15, -0.1) is 0 Å². The summed E-state index contributed by atoms with van der Waals surface area (Å²) in [5.41, 5.74) is 0. The Labute approximate surface area is 75.0 Å². The Balaban J connectivity index is 0. The lowest BCUT2D eigenvalue weighted by atomic mass is 10.2. The molecule has 0 rings (SSSR count). The minimum absolute atomic E-state index is 0.0648. The zero-order chi connectivity index (χ0) is 9.98. The van der Waals surface area contributed by atoms with Crippen molar-refractivity contribution >= 4 is 0 Å². The molecule has 0 aromatic heterocycles. The monoisotopic (exact) mass is 178 g/mol. The van der Waals surface area contributed by atoms with E-state index in [-0.39, 0.29) is 12.7 Å². The summed E-state index contributed by atoms with van der Waals surface area (Å²) in [6.45, 7) is 5.67. The third-order valence-corrected chi connectivity index (χ3v) is 1.62. The fraction of sp³-hybridized carbons (Fsp3) is 1.00. The predicted molar refractivity (Wildman–Crippen MR) is 50.0 cm³/mol. The summed E-state index contributed by atoms with van der Waals surface area (Å²) in [6, 6.07) is 0. The number of aliphatic hydroxyl groups is 3. The van der Waals surface area contributed by atoms with Gasteiger partial charge >= 0.3 is 0 Å². The molecule has 76 valence electrons. The van der Waals surface area contributed by atoms with Crippen molar-refractivity contribution < 1.29 is 15.3 Å². The lowest BCUT2D eigenvalue weighted by Gasteiger charge is -1.98. The van der Waals surface area contributed by atoms with E-state index in [1.165, 1.54) is 0 Å². The van der Waals surface area contributed by atoms with Crippen LogP contribution in [0.25, 0.3) is 0 Å². The Morgan fingerprint density at radius 3 is 1.17 bits per heavy atom. The first-order valence-corrected chi connectivity index (χ1v) is 4.59. The van der Waals surface area contributed by atoms with Gasteiger partial charge in [0.05, 0.1) is 18.8 Å². The largest absolute Gasteiger partial charge is 0.394 e. The van der Waals surface area contributed by atoms with E-state index in [4.69, 9.17) is 15.3 Å². The van der Waals surface area contributed by atoms with Gasteiger partial charge in [0.1, 0.15) is 0 Å². The van der Waals surface area contributed by atoms with Crippen molar-refractivity contribution in [1.29, 1.82) is 0 Å². The van der Waals surface area contributed by atoms with Crippen molar-refractivity contribution in [1.82, 2.24) is 0 Å². The van der Waals surface area contributed by atoms with Crippen molar-refractivity contribution in [3.63, 3.8) is 0 Å². The van der Waals surface area contributed by atoms with E-state index in [1.54, 1.807) is 0 Å². The standard InChI is InChI=1S/C5H12O.C4H10O2/c1-3-5(6)4-2;1-2-4(6)3-5/h5-6H,3-4H2,1-2H3;4-6H,2-3H2,1H3. The SMILES string of the molecule is CCC(O)CC.CCC(O)CO. The van der Waals surface area contributed by atoms with Crippen LogP contribution in [0.1, 0.15) is 40.0 Å². The molecule has 1 unspecified atom stereocenters. The maximum Gasteiger partial charge on any atom is 0.0768 e. The smallest absolute Gasteiger partial charge is 0.0768 e. The molecule has 12 heavy (non-hydrogen) atoms. The molecule has 0 radical (unpaired) electrons. The Kier molecular flexibility index (Phi) is 13.1. The zero-order valence-corrected chi connectivity index (χ0v) is 8.32. The molecule has 0 aromatic rings. The van der Waals surface area contributed by atoms with Crippen LogP contribution in [-0.2, 0) is 0 Å². The number of hydrogen-bond donors (Lipinski definition) is 3. The fourth-order valence-corrected chi connectivity index (χ4v) is 0.418. The van der Waals surface area contributed by atoms with Crippen LogP contribution >= 0.6 is 0 Å². The zero-order valence-electron chi connectivity index (χ0n) is 8.32. The average molecular weight is 178 g/mol. The van der Waals surface area contributed by atoms with Crippen molar-refractivity contribution in [2.24, 2.45) is 0 Å². The normalized spacial score (nSPS) is 12.2. The minimum atomic E-state index is -0.509. The van der Waals surface area contributed by atoms with Gasteiger partial charge in [0.2, 0.25) is 0 Å². The van der Waals surface area contributed by atoms with Crippen molar-refractivity contribution in [3.05, 3.63) is 0 Å². The lowest BCUT2D eigenvalue weighted by Crippen LogP contribution is -2.08. The third-order valence-electron chi connectivity index (χ3n) is 1.62. The van der Waals surface area contributed by atoms with Crippen LogP contribution in [0.2, 0.25) is 0 Å². The second-order valence-corrected chi connectivity index (χ2v) is 2.71. The summed E-state index contributed by atoms with van der Waals surface area (Å²) in [5, 5.41) is 25.2. The summed E-state index contributed by atoms with van der Waals surface area (Å²) in [7, 11) is 0. The van der Waals surface area contributed by atoms with E-state index in [0.717, 1.165) is 12.8 Å². The summed E-state index contributed by atoms with van der Waals surface area (Å²) in [5.74, 6) is 0. The van der Waals surface area contributed by atoms with Gasteiger partial charge in [-0.1, -0.05) is 20.8 Å². The molecule has 0 amide bonds. The van der Waals surface area contributed by atoms with Gasteiger partial charge in [-0.25, -0.2) is 0 Å². The molecule has 0 aromatic carbocycles. The van der Waals surface area contributed by atoms with E-state index >= 15 is 0 Å². The van der Waals surface area contributed by atoms with E-state index < -0.39 is 6.10 Å². The quantitative estimate of drug-likeness (QED) is 0.600. The molecule has 3 N–H and O–H groups in total. The first kappa shape index (κ1) is 14.4. The molecule has 0 aliphatic carbocycles. The summed E-state index contributed by atoms with van der Waals surface area (Å²) >= 11 is 0. The van der Waals surface area contributed by atoms with Gasteiger partial charge in [0.15, 0.2) is 0 Å². The molecule has 3 heteroatoms. The highest BCUT2D eigenvalue weighted by molar-refractivity contribution is 4.44. The second kappa shape index (κ2) is 10.9. The summed E-state index contributed by atoms with van der Waals surface area (Å²) < 4.78 is 0. The van der Waals surface area contributed by atoms with E-state index in [9.17, 15) is 0 Å². The molecule has 0 spiro atoms. The van der Waals surface area contributed by atoms with Gasteiger partial charge in [-0.2, -0.15) is 0 Å². The van der Waals surface area contributed by atoms with Crippen molar-refractivity contribution in [2.75, 3.05) is 6.61 Å². The van der Waals surface area contributed by atoms with Crippen LogP contribution in [-0.4, -0.2) is 34.1 Å². The van der Waals surface area contributed by atoms with Crippen molar-refractivity contribution in [2.45, 2.75) is 52.2 Å². The van der Waals surface area contributed by atoms with Crippen LogP contribution < -0.4 is 0 Å². The highest BCUT2D eigenvalue weighted by atomic mass is 16.3. The number of hydrogen-bond acceptors (Lipinski definition) is 3. The molecule has 0 saturated heterocycles. The molecular formula is C9H22O3. The van der Waals surface area contributed by atoms with Crippen molar-refractivity contribution in [3.8, 4) is 0 Å². The molecule has 0 saturated carbocycles. The molecule has 0 heterocycles. The maximum atomic E-state index is 8.67. The Morgan fingerprint density at radius 2 is 1.17 bits per heavy atom. The van der Waals surface area contributed by atoms with Crippen LogP contribution in [0.15, 0.2) is 0 Å². The Morgan fingerprint density at radius 1 is 0.833 bits per heavy atom. The first-order chi connectivity index (χ1) is 5.62. The summed E-state index contributed by atoms with van der Waals surface area (Å²) in [4.78, 5) is 0. The van der Waals surface area contributed by atoms with E-state index in [2.05, 4.69) is 0 Å². The topological polar surface area (TPSA) is 60.7 Å². The molecule has 0 bridgehead atoms. The minimum Gasteiger partial charge on any atom is -0.394 e. The molecule has 0 fully saturated rings. The van der Waals surface area contributed by atoms with Crippen LogP contribution in [0.4, 0.5) is 0 Å². The number of rotatable bonds is 4. The Hall–Kier alpha value is -0.120. The van der Waals surface area contributed by atoms with Gasteiger partial charge in [-0.3, -0.25) is 0 Å². The molecule has 1 atom stereocenters. The average Bonchev–Trinajstić information content (AvgIpc) is 2.16. The molecule has 3 nitrogen and oxygen atoms in total. The van der Waals surface area contributed by atoms with Crippen LogP contribution in [0.3, 0.4) is 0 Å². The van der Waals surface area contributed by atoms with E-state index in [0.29, 0.717) is 6.42 Å². The molecular weight excluding hydrogens is 156 g/mol. The second-order valence-electron chi connectivity index (χ2n) is 2.71. The van der Waals surface area contributed by atoms with Gasteiger partial charge in [-0.05, 0) is 19.3 Å². The van der Waals surface area contributed by atoms with Gasteiger partial charge in [0.25, 0.3) is 0 Å². The highest BCUT2D eigenvalue weighted by Crippen LogP contribution is 1.92. The van der Waals surface area contributed by atoms with Crippen LogP contribution in [0, 0.1) is 0 Å². The van der Waals surface area contributed by atoms with Gasteiger partial charge < -0.3 is 15.3 Å². The lowest BCUT2D eigenvalue weighted by molar-refractivity contribution is 0.0923. The highest BCUT2D eigenvalue weighted by Gasteiger charge is 1.92. The molecule has 0 aliphatic rings. The summed E-state index contributed by atoms with van der Waals surface area (Å²) in [6.07, 6.45) is 1.83. The third kappa shape index (κ3) is 12.5. The predicted octanol–water partition coefficient (Wildman–Crippen LogP) is 0.917. The Bertz CT molecular complexity index is 58.2. The number of aliphatic hydroxyl groups excluding tert-OH is 3. The maximum absolute atomic E-state index is 8.67.